The van der Waals surface area contributed by atoms with Crippen molar-refractivity contribution in [2.45, 2.75) is 37.7 Å². The molecule has 0 bridgehead atoms. The molecule has 5 nitrogen and oxygen atoms in total. The molecule has 108 valence electrons. The molecule has 19 heavy (non-hydrogen) atoms. The van der Waals surface area contributed by atoms with Crippen molar-refractivity contribution in [1.82, 2.24) is 9.71 Å². The first-order chi connectivity index (χ1) is 8.64. The van der Waals surface area contributed by atoms with Crippen molar-refractivity contribution in [3.8, 4) is 0 Å². The summed E-state index contributed by atoms with van der Waals surface area (Å²) in [4.78, 5) is 3.64. The van der Waals surface area contributed by atoms with E-state index < -0.39 is 15.6 Å². The van der Waals surface area contributed by atoms with Crippen LogP contribution in [0, 0.1) is 5.92 Å². The van der Waals surface area contributed by atoms with Crippen LogP contribution in [0.15, 0.2) is 23.2 Å². The van der Waals surface area contributed by atoms with Gasteiger partial charge in [0.05, 0.1) is 5.60 Å². The first-order valence-corrected chi connectivity index (χ1v) is 7.83. The zero-order valence-corrected chi connectivity index (χ0v) is 12.8. The van der Waals surface area contributed by atoms with Crippen LogP contribution < -0.4 is 4.72 Å². The van der Waals surface area contributed by atoms with Gasteiger partial charge in [-0.25, -0.2) is 18.1 Å². The summed E-state index contributed by atoms with van der Waals surface area (Å²) in [6.45, 7) is 5.45. The molecule has 0 aliphatic rings. The van der Waals surface area contributed by atoms with E-state index in [9.17, 15) is 13.5 Å². The van der Waals surface area contributed by atoms with Gasteiger partial charge >= 0.3 is 0 Å². The summed E-state index contributed by atoms with van der Waals surface area (Å²) in [7, 11) is -3.76. The monoisotopic (exact) mass is 306 g/mol. The molecule has 0 saturated carbocycles. The number of hydrogen-bond donors (Lipinski definition) is 2. The lowest BCUT2D eigenvalue weighted by atomic mass is 9.95. The lowest BCUT2D eigenvalue weighted by Gasteiger charge is -2.25. The summed E-state index contributed by atoms with van der Waals surface area (Å²) in [6.07, 6.45) is 1.91. The lowest BCUT2D eigenvalue weighted by molar-refractivity contribution is 0.0437. The van der Waals surface area contributed by atoms with Crippen molar-refractivity contribution < 1.29 is 13.5 Å². The number of nitrogens with one attached hydrogen (secondary N) is 1. The standard InChI is InChI=1S/C12H19ClN2O3S/c1-9(2)7-12(3,16)8-15-19(17,18)10-5-4-6-14-11(10)13/h4-6,9,15-16H,7-8H2,1-3H3. The third-order valence-electron chi connectivity index (χ3n) is 2.51. The van der Waals surface area contributed by atoms with Crippen LogP contribution in [0.5, 0.6) is 0 Å². The zero-order chi connectivity index (χ0) is 14.7. The van der Waals surface area contributed by atoms with Gasteiger partial charge < -0.3 is 5.11 Å². The van der Waals surface area contributed by atoms with Crippen LogP contribution in [0.3, 0.4) is 0 Å². The third kappa shape index (κ3) is 5.06. The van der Waals surface area contributed by atoms with Gasteiger partial charge in [0.25, 0.3) is 0 Å². The topological polar surface area (TPSA) is 79.3 Å². The fourth-order valence-corrected chi connectivity index (χ4v) is 3.46. The second-order valence-electron chi connectivity index (χ2n) is 5.21. The smallest absolute Gasteiger partial charge is 0.243 e. The van der Waals surface area contributed by atoms with E-state index in [-0.39, 0.29) is 22.5 Å². The van der Waals surface area contributed by atoms with Crippen molar-refractivity contribution in [3.05, 3.63) is 23.5 Å². The number of halogens is 1. The first kappa shape index (κ1) is 16.4. The Balaban J connectivity index is 2.80. The second kappa shape index (κ2) is 6.17. The van der Waals surface area contributed by atoms with Gasteiger partial charge in [-0.05, 0) is 31.4 Å². The minimum absolute atomic E-state index is 0.0707. The number of aromatic nitrogens is 1. The SMILES string of the molecule is CC(C)CC(C)(O)CNS(=O)(=O)c1cccnc1Cl. The molecule has 1 heterocycles. The fraction of sp³-hybridized carbons (Fsp3) is 0.583. The van der Waals surface area contributed by atoms with Gasteiger partial charge in [-0.2, -0.15) is 0 Å². The highest BCUT2D eigenvalue weighted by atomic mass is 35.5. The van der Waals surface area contributed by atoms with Crippen LogP contribution in [0.2, 0.25) is 5.15 Å². The Hall–Kier alpha value is -0.690. The van der Waals surface area contributed by atoms with Gasteiger partial charge in [-0.1, -0.05) is 25.4 Å². The lowest BCUT2D eigenvalue weighted by Crippen LogP contribution is -2.41. The van der Waals surface area contributed by atoms with E-state index >= 15 is 0 Å². The molecular weight excluding hydrogens is 288 g/mol. The van der Waals surface area contributed by atoms with E-state index in [1.54, 1.807) is 6.92 Å². The van der Waals surface area contributed by atoms with Crippen LogP contribution in [0.1, 0.15) is 27.2 Å². The van der Waals surface area contributed by atoms with E-state index in [1.807, 2.05) is 13.8 Å². The number of aliphatic hydroxyl groups is 1. The van der Waals surface area contributed by atoms with E-state index in [2.05, 4.69) is 9.71 Å². The molecule has 7 heteroatoms. The number of pyridine rings is 1. The zero-order valence-electron chi connectivity index (χ0n) is 11.2. The molecule has 1 atom stereocenters. The van der Waals surface area contributed by atoms with E-state index in [0.29, 0.717) is 6.42 Å². The van der Waals surface area contributed by atoms with Crippen LogP contribution in [0.25, 0.3) is 0 Å². The molecule has 2 N–H and O–H groups in total. The van der Waals surface area contributed by atoms with Crippen molar-refractivity contribution in [3.63, 3.8) is 0 Å². The highest BCUT2D eigenvalue weighted by molar-refractivity contribution is 7.89. The average Bonchev–Trinajstić information content (AvgIpc) is 2.25. The Kier molecular flexibility index (Phi) is 5.32. The summed E-state index contributed by atoms with van der Waals surface area (Å²) >= 11 is 5.75. The average molecular weight is 307 g/mol. The van der Waals surface area contributed by atoms with Crippen molar-refractivity contribution in [1.29, 1.82) is 0 Å². The Morgan fingerprint density at radius 1 is 1.53 bits per heavy atom. The molecule has 0 aliphatic carbocycles. The number of sulfonamides is 1. The van der Waals surface area contributed by atoms with E-state index in [0.717, 1.165) is 0 Å². The van der Waals surface area contributed by atoms with Gasteiger partial charge in [0.2, 0.25) is 10.0 Å². The van der Waals surface area contributed by atoms with E-state index in [4.69, 9.17) is 11.6 Å². The molecule has 0 radical (unpaired) electrons. The number of nitrogens with zero attached hydrogens (tertiary/aromatic N) is 1. The molecule has 0 saturated heterocycles. The maximum atomic E-state index is 12.0. The van der Waals surface area contributed by atoms with Gasteiger partial charge in [0, 0.05) is 12.7 Å². The molecular formula is C12H19ClN2O3S. The molecule has 0 aliphatic heterocycles. The molecule has 0 fully saturated rings. The Morgan fingerprint density at radius 2 is 2.16 bits per heavy atom. The maximum Gasteiger partial charge on any atom is 0.243 e. The summed E-state index contributed by atoms with van der Waals surface area (Å²) in [5, 5.41) is 10.0. The van der Waals surface area contributed by atoms with Crippen molar-refractivity contribution >= 4 is 21.6 Å². The van der Waals surface area contributed by atoms with Crippen LogP contribution in [-0.2, 0) is 10.0 Å². The predicted octanol–water partition coefficient (Wildman–Crippen LogP) is 1.81. The van der Waals surface area contributed by atoms with Crippen LogP contribution in [-0.4, -0.2) is 30.7 Å². The minimum Gasteiger partial charge on any atom is -0.389 e. The Bertz CT molecular complexity index is 530. The quantitative estimate of drug-likeness (QED) is 0.786. The Labute approximate surface area is 119 Å². The summed E-state index contributed by atoms with van der Waals surface area (Å²) in [5.41, 5.74) is -1.10. The molecule has 1 unspecified atom stereocenters. The highest BCUT2D eigenvalue weighted by Crippen LogP contribution is 2.19. The minimum atomic E-state index is -3.76. The molecule has 0 amide bonds. The molecule has 1 aromatic rings. The maximum absolute atomic E-state index is 12.0. The summed E-state index contributed by atoms with van der Waals surface area (Å²) < 4.78 is 26.4. The summed E-state index contributed by atoms with van der Waals surface area (Å²) in [5.74, 6) is 0.265. The van der Waals surface area contributed by atoms with Crippen molar-refractivity contribution in [2.75, 3.05) is 6.54 Å². The van der Waals surface area contributed by atoms with Crippen LogP contribution in [0.4, 0.5) is 0 Å². The Morgan fingerprint density at radius 3 is 2.68 bits per heavy atom. The van der Waals surface area contributed by atoms with Crippen LogP contribution >= 0.6 is 11.6 Å². The molecule has 0 spiro atoms. The normalized spacial score (nSPS) is 15.5. The van der Waals surface area contributed by atoms with Gasteiger partial charge in [0.1, 0.15) is 10.0 Å². The molecule has 1 aromatic heterocycles. The third-order valence-corrected chi connectivity index (χ3v) is 4.35. The largest absolute Gasteiger partial charge is 0.389 e. The summed E-state index contributed by atoms with van der Waals surface area (Å²) in [6, 6.07) is 2.86. The van der Waals surface area contributed by atoms with Gasteiger partial charge in [-0.15, -0.1) is 0 Å². The van der Waals surface area contributed by atoms with Gasteiger partial charge in [0.15, 0.2) is 0 Å². The molecule has 1 rings (SSSR count). The fourth-order valence-electron chi connectivity index (χ4n) is 1.85. The number of rotatable bonds is 6. The van der Waals surface area contributed by atoms with Crippen molar-refractivity contribution in [2.24, 2.45) is 5.92 Å². The molecule has 0 aromatic carbocycles. The second-order valence-corrected chi connectivity index (χ2v) is 7.31. The predicted molar refractivity (Wildman–Crippen MR) is 74.5 cm³/mol. The van der Waals surface area contributed by atoms with E-state index in [1.165, 1.54) is 18.3 Å². The highest BCUT2D eigenvalue weighted by Gasteiger charge is 2.26. The first-order valence-electron chi connectivity index (χ1n) is 5.96. The van der Waals surface area contributed by atoms with Gasteiger partial charge in [-0.3, -0.25) is 0 Å². The number of hydrogen-bond acceptors (Lipinski definition) is 4.